The van der Waals surface area contributed by atoms with Gasteiger partial charge in [0.2, 0.25) is 0 Å². The number of carbonyl (C=O) groups excluding carboxylic acids is 2. The van der Waals surface area contributed by atoms with E-state index < -0.39 is 17.7 Å². The van der Waals surface area contributed by atoms with E-state index in [9.17, 15) is 14.0 Å². The first-order valence-corrected chi connectivity index (χ1v) is 5.41. The minimum Gasteiger partial charge on any atom is -0.426 e. The van der Waals surface area contributed by atoms with E-state index in [-0.39, 0.29) is 24.5 Å². The van der Waals surface area contributed by atoms with Gasteiger partial charge >= 0.3 is 5.97 Å². The zero-order valence-corrected chi connectivity index (χ0v) is 9.90. The Kier molecular flexibility index (Phi) is 5.26. The molecule has 0 saturated carbocycles. The van der Waals surface area contributed by atoms with Crippen LogP contribution in [0.2, 0.25) is 0 Å². The van der Waals surface area contributed by atoms with Crippen molar-refractivity contribution in [2.24, 2.45) is 0 Å². The third-order valence-corrected chi connectivity index (χ3v) is 2.06. The highest BCUT2D eigenvalue weighted by Gasteiger charge is 2.14. The molecule has 1 amide bonds. The minimum absolute atomic E-state index is 0.0412. The van der Waals surface area contributed by atoms with Gasteiger partial charge in [0, 0.05) is 26.1 Å². The third kappa shape index (κ3) is 4.14. The second-order valence-corrected chi connectivity index (χ2v) is 3.57. The summed E-state index contributed by atoms with van der Waals surface area (Å²) in [6.07, 6.45) is 0.413. The predicted molar refractivity (Wildman–Crippen MR) is 61.7 cm³/mol. The molecule has 98 valence electrons. The molecule has 0 aliphatic carbocycles. The Morgan fingerprint density at radius 3 is 2.78 bits per heavy atom. The van der Waals surface area contributed by atoms with Crippen LogP contribution in [-0.4, -0.2) is 30.1 Å². The molecule has 6 heteroatoms. The van der Waals surface area contributed by atoms with E-state index in [1.165, 1.54) is 13.0 Å². The average Bonchev–Trinajstić information content (AvgIpc) is 2.28. The van der Waals surface area contributed by atoms with E-state index >= 15 is 0 Å². The van der Waals surface area contributed by atoms with E-state index in [4.69, 9.17) is 9.84 Å². The van der Waals surface area contributed by atoms with Crippen LogP contribution in [0.15, 0.2) is 18.2 Å². The van der Waals surface area contributed by atoms with Crippen LogP contribution in [-0.2, 0) is 4.79 Å². The largest absolute Gasteiger partial charge is 0.426 e. The monoisotopic (exact) mass is 255 g/mol. The third-order valence-electron chi connectivity index (χ3n) is 2.06. The van der Waals surface area contributed by atoms with E-state index in [2.05, 4.69) is 5.32 Å². The van der Waals surface area contributed by atoms with Gasteiger partial charge in [0.25, 0.3) is 5.91 Å². The number of esters is 1. The Morgan fingerprint density at radius 2 is 2.17 bits per heavy atom. The quantitative estimate of drug-likeness (QED) is 0.465. The van der Waals surface area contributed by atoms with Crippen LogP contribution in [0.25, 0.3) is 0 Å². The zero-order valence-electron chi connectivity index (χ0n) is 9.90. The van der Waals surface area contributed by atoms with Crippen LogP contribution in [0.1, 0.15) is 23.7 Å². The van der Waals surface area contributed by atoms with Crippen molar-refractivity contribution in [2.45, 2.75) is 13.3 Å². The maximum Gasteiger partial charge on any atom is 0.308 e. The van der Waals surface area contributed by atoms with Crippen LogP contribution in [0.4, 0.5) is 4.39 Å². The van der Waals surface area contributed by atoms with E-state index in [0.717, 1.165) is 12.1 Å². The van der Waals surface area contributed by atoms with Gasteiger partial charge in [-0.05, 0) is 18.6 Å². The number of hydrogen-bond donors (Lipinski definition) is 2. The standard InChI is InChI=1S/C12H14FNO4/c1-8(16)18-11-7-9(13)3-4-10(11)12(17)14-5-2-6-15/h3-4,7,15H,2,5-6H2,1H3,(H,14,17). The summed E-state index contributed by atoms with van der Waals surface area (Å²) in [4.78, 5) is 22.6. The topological polar surface area (TPSA) is 75.6 Å². The molecule has 0 bridgehead atoms. The Morgan fingerprint density at radius 1 is 1.44 bits per heavy atom. The summed E-state index contributed by atoms with van der Waals surface area (Å²) in [6, 6.07) is 3.32. The first-order valence-electron chi connectivity index (χ1n) is 5.41. The number of amides is 1. The van der Waals surface area contributed by atoms with Gasteiger partial charge in [0.05, 0.1) is 5.56 Å². The summed E-state index contributed by atoms with van der Waals surface area (Å²) < 4.78 is 17.8. The smallest absolute Gasteiger partial charge is 0.308 e. The van der Waals surface area contributed by atoms with Crippen molar-refractivity contribution in [3.63, 3.8) is 0 Å². The SMILES string of the molecule is CC(=O)Oc1cc(F)ccc1C(=O)NCCCO. The molecule has 0 fully saturated rings. The normalized spacial score (nSPS) is 9.94. The molecular formula is C12H14FNO4. The summed E-state index contributed by atoms with van der Waals surface area (Å²) >= 11 is 0. The van der Waals surface area contributed by atoms with Crippen LogP contribution >= 0.6 is 0 Å². The van der Waals surface area contributed by atoms with Crippen LogP contribution in [0.5, 0.6) is 5.75 Å². The second kappa shape index (κ2) is 6.70. The van der Waals surface area contributed by atoms with Gasteiger partial charge < -0.3 is 15.2 Å². The second-order valence-electron chi connectivity index (χ2n) is 3.57. The van der Waals surface area contributed by atoms with E-state index in [0.29, 0.717) is 6.42 Å². The summed E-state index contributed by atoms with van der Waals surface area (Å²) in [6.45, 7) is 1.41. The molecular weight excluding hydrogens is 241 g/mol. The molecule has 0 saturated heterocycles. The summed E-state index contributed by atoms with van der Waals surface area (Å²) in [5, 5.41) is 11.1. The number of aliphatic hydroxyl groups excluding tert-OH is 1. The molecule has 0 aliphatic rings. The van der Waals surface area contributed by atoms with Crippen LogP contribution < -0.4 is 10.1 Å². The van der Waals surface area contributed by atoms with Crippen molar-refractivity contribution in [1.82, 2.24) is 5.32 Å². The molecule has 0 aromatic heterocycles. The number of benzene rings is 1. The van der Waals surface area contributed by atoms with Gasteiger partial charge in [-0.1, -0.05) is 0 Å². The van der Waals surface area contributed by atoms with Crippen molar-refractivity contribution >= 4 is 11.9 Å². The maximum atomic E-state index is 13.0. The lowest BCUT2D eigenvalue weighted by molar-refractivity contribution is -0.131. The lowest BCUT2D eigenvalue weighted by atomic mass is 10.2. The fourth-order valence-electron chi connectivity index (χ4n) is 1.30. The van der Waals surface area contributed by atoms with Gasteiger partial charge in [-0.25, -0.2) is 4.39 Å². The highest BCUT2D eigenvalue weighted by atomic mass is 19.1. The molecule has 1 rings (SSSR count). The Hall–Kier alpha value is -1.95. The number of hydrogen-bond acceptors (Lipinski definition) is 4. The lowest BCUT2D eigenvalue weighted by Crippen LogP contribution is -2.25. The highest BCUT2D eigenvalue weighted by Crippen LogP contribution is 2.20. The molecule has 0 atom stereocenters. The Labute approximate surface area is 104 Å². The maximum absolute atomic E-state index is 13.0. The molecule has 0 heterocycles. The Bertz CT molecular complexity index is 448. The first-order chi connectivity index (χ1) is 8.54. The summed E-state index contributed by atoms with van der Waals surface area (Å²) in [7, 11) is 0. The molecule has 1 aromatic rings. The van der Waals surface area contributed by atoms with Crippen molar-refractivity contribution in [2.75, 3.05) is 13.2 Å². The van der Waals surface area contributed by atoms with E-state index in [1.807, 2.05) is 0 Å². The van der Waals surface area contributed by atoms with Crippen LogP contribution in [0.3, 0.4) is 0 Å². The van der Waals surface area contributed by atoms with Crippen LogP contribution in [0, 0.1) is 5.82 Å². The number of rotatable bonds is 5. The zero-order chi connectivity index (χ0) is 13.5. The van der Waals surface area contributed by atoms with Crippen molar-refractivity contribution < 1.29 is 23.8 Å². The number of nitrogens with one attached hydrogen (secondary N) is 1. The van der Waals surface area contributed by atoms with E-state index in [1.54, 1.807) is 0 Å². The fourth-order valence-corrected chi connectivity index (χ4v) is 1.30. The average molecular weight is 255 g/mol. The van der Waals surface area contributed by atoms with Gasteiger partial charge in [0.1, 0.15) is 11.6 Å². The molecule has 18 heavy (non-hydrogen) atoms. The van der Waals surface area contributed by atoms with Crippen molar-refractivity contribution in [3.8, 4) is 5.75 Å². The summed E-state index contributed by atoms with van der Waals surface area (Å²) in [5.74, 6) is -1.84. The number of ether oxygens (including phenoxy) is 1. The minimum atomic E-state index is -0.634. The Balaban J connectivity index is 2.85. The van der Waals surface area contributed by atoms with Gasteiger partial charge in [-0.15, -0.1) is 0 Å². The molecule has 5 nitrogen and oxygen atoms in total. The molecule has 0 radical (unpaired) electrons. The predicted octanol–water partition coefficient (Wildman–Crippen LogP) is 0.863. The molecule has 0 aliphatic heterocycles. The van der Waals surface area contributed by atoms with Crippen molar-refractivity contribution in [1.29, 1.82) is 0 Å². The van der Waals surface area contributed by atoms with Gasteiger partial charge in [0.15, 0.2) is 0 Å². The molecule has 0 unspecified atom stereocenters. The number of halogens is 1. The first kappa shape index (κ1) is 14.1. The highest BCUT2D eigenvalue weighted by molar-refractivity contribution is 5.97. The van der Waals surface area contributed by atoms with Gasteiger partial charge in [-0.2, -0.15) is 0 Å². The fraction of sp³-hybridized carbons (Fsp3) is 0.333. The lowest BCUT2D eigenvalue weighted by Gasteiger charge is -2.09. The van der Waals surface area contributed by atoms with Gasteiger partial charge in [-0.3, -0.25) is 9.59 Å². The summed E-state index contributed by atoms with van der Waals surface area (Å²) in [5.41, 5.74) is 0.0736. The molecule has 2 N–H and O–H groups in total. The van der Waals surface area contributed by atoms with Crippen molar-refractivity contribution in [3.05, 3.63) is 29.6 Å². The molecule has 0 spiro atoms. The number of carbonyl (C=O) groups is 2. The number of aliphatic hydroxyl groups is 1. The molecule has 1 aromatic carbocycles.